The van der Waals surface area contributed by atoms with Gasteiger partial charge in [0, 0.05) is 17.4 Å². The summed E-state index contributed by atoms with van der Waals surface area (Å²) in [5.74, 6) is 3.81. The Morgan fingerprint density at radius 2 is 1.68 bits per heavy atom. The first-order chi connectivity index (χ1) is 13.7. The predicted octanol–water partition coefficient (Wildman–Crippen LogP) is 5.37. The Hall–Kier alpha value is -1.89. The minimum Gasteiger partial charge on any atom is -0.493 e. The molecular formula is C21H31N3O3S. The van der Waals surface area contributed by atoms with Crippen LogP contribution in [0, 0.1) is 0 Å². The monoisotopic (exact) mass is 405 g/mol. The molecular weight excluding hydrogens is 374 g/mol. The molecule has 6 nitrogen and oxygen atoms in total. The second-order valence-corrected chi connectivity index (χ2v) is 8.15. The third-order valence-corrected chi connectivity index (χ3v) is 6.29. The van der Waals surface area contributed by atoms with Crippen molar-refractivity contribution in [2.75, 3.05) is 27.1 Å². The van der Waals surface area contributed by atoms with Gasteiger partial charge in [-0.3, -0.25) is 4.57 Å². The molecule has 0 amide bonds. The number of ether oxygens (including phenoxy) is 3. The highest BCUT2D eigenvalue weighted by molar-refractivity contribution is 7.99. The molecule has 1 heterocycles. The topological polar surface area (TPSA) is 58.4 Å². The average molecular weight is 406 g/mol. The Kier molecular flexibility index (Phi) is 7.48. The molecule has 0 atom stereocenters. The standard InChI is InChI=1S/C21H31N3O3S/c1-5-6-12-28-21-23-22-20(24(21)16-10-8-7-9-11-16)15-13-17(25-2)19(27-4)18(14-15)26-3/h13-14,16H,5-12H2,1-4H3. The van der Waals surface area contributed by atoms with Crippen LogP contribution in [0.25, 0.3) is 11.4 Å². The molecule has 2 aromatic rings. The van der Waals surface area contributed by atoms with Crippen molar-refractivity contribution in [1.82, 2.24) is 14.8 Å². The van der Waals surface area contributed by atoms with Crippen LogP contribution >= 0.6 is 11.8 Å². The molecule has 0 saturated heterocycles. The highest BCUT2D eigenvalue weighted by Gasteiger charge is 2.25. The van der Waals surface area contributed by atoms with E-state index in [1.807, 2.05) is 23.9 Å². The van der Waals surface area contributed by atoms with Gasteiger partial charge in [0.1, 0.15) is 0 Å². The van der Waals surface area contributed by atoms with Gasteiger partial charge >= 0.3 is 0 Å². The van der Waals surface area contributed by atoms with Gasteiger partial charge in [-0.1, -0.05) is 44.4 Å². The van der Waals surface area contributed by atoms with Crippen LogP contribution in [0.4, 0.5) is 0 Å². The Labute approximate surface area is 172 Å². The van der Waals surface area contributed by atoms with Gasteiger partial charge in [-0.2, -0.15) is 0 Å². The minimum absolute atomic E-state index is 0.446. The van der Waals surface area contributed by atoms with Crippen molar-refractivity contribution in [3.63, 3.8) is 0 Å². The number of nitrogens with zero attached hydrogens (tertiary/aromatic N) is 3. The molecule has 0 aliphatic heterocycles. The van der Waals surface area contributed by atoms with E-state index in [9.17, 15) is 0 Å². The summed E-state index contributed by atoms with van der Waals surface area (Å²) in [6.07, 6.45) is 8.56. The summed E-state index contributed by atoms with van der Waals surface area (Å²) in [6, 6.07) is 4.37. The van der Waals surface area contributed by atoms with E-state index >= 15 is 0 Å². The first kappa shape index (κ1) is 20.8. The first-order valence-electron chi connectivity index (χ1n) is 10.1. The van der Waals surface area contributed by atoms with Gasteiger partial charge in [0.05, 0.1) is 21.3 Å². The van der Waals surface area contributed by atoms with Crippen molar-refractivity contribution in [2.45, 2.75) is 63.1 Å². The van der Waals surface area contributed by atoms with E-state index in [0.29, 0.717) is 23.3 Å². The molecule has 1 aromatic carbocycles. The Morgan fingerprint density at radius 1 is 1.00 bits per heavy atom. The lowest BCUT2D eigenvalue weighted by Gasteiger charge is -2.26. The van der Waals surface area contributed by atoms with Gasteiger partial charge in [-0.25, -0.2) is 0 Å². The zero-order chi connectivity index (χ0) is 19.9. The van der Waals surface area contributed by atoms with E-state index in [4.69, 9.17) is 14.2 Å². The molecule has 1 aromatic heterocycles. The molecule has 154 valence electrons. The number of thioether (sulfide) groups is 1. The second kappa shape index (κ2) is 10.0. The Morgan fingerprint density at radius 3 is 2.25 bits per heavy atom. The van der Waals surface area contributed by atoms with E-state index in [1.54, 1.807) is 21.3 Å². The number of hydrogen-bond donors (Lipinski definition) is 0. The maximum absolute atomic E-state index is 5.54. The Bertz CT molecular complexity index is 747. The van der Waals surface area contributed by atoms with Gasteiger partial charge < -0.3 is 14.2 Å². The minimum atomic E-state index is 0.446. The Balaban J connectivity index is 2.05. The van der Waals surface area contributed by atoms with Gasteiger partial charge in [-0.15, -0.1) is 10.2 Å². The molecule has 7 heteroatoms. The fraction of sp³-hybridized carbons (Fsp3) is 0.619. The quantitative estimate of drug-likeness (QED) is 0.413. The lowest BCUT2D eigenvalue weighted by Crippen LogP contribution is -2.15. The molecule has 1 aliphatic carbocycles. The van der Waals surface area contributed by atoms with Gasteiger partial charge in [0.2, 0.25) is 5.75 Å². The van der Waals surface area contributed by atoms with Crippen LogP contribution in [-0.2, 0) is 0 Å². The van der Waals surface area contributed by atoms with Crippen molar-refractivity contribution >= 4 is 11.8 Å². The molecule has 1 fully saturated rings. The summed E-state index contributed by atoms with van der Waals surface area (Å²) in [5, 5.41) is 10.2. The highest BCUT2D eigenvalue weighted by atomic mass is 32.2. The lowest BCUT2D eigenvalue weighted by atomic mass is 9.95. The fourth-order valence-electron chi connectivity index (χ4n) is 3.76. The number of hydrogen-bond acceptors (Lipinski definition) is 6. The summed E-state index contributed by atoms with van der Waals surface area (Å²) < 4.78 is 18.9. The van der Waals surface area contributed by atoms with E-state index < -0.39 is 0 Å². The fourth-order valence-corrected chi connectivity index (χ4v) is 4.85. The normalized spacial score (nSPS) is 14.9. The number of methoxy groups -OCH3 is 3. The van der Waals surface area contributed by atoms with Crippen LogP contribution in [-0.4, -0.2) is 41.8 Å². The average Bonchev–Trinajstić information content (AvgIpc) is 3.17. The molecule has 1 saturated carbocycles. The third-order valence-electron chi connectivity index (χ3n) is 5.26. The smallest absolute Gasteiger partial charge is 0.203 e. The van der Waals surface area contributed by atoms with Crippen LogP contribution in [0.1, 0.15) is 57.9 Å². The van der Waals surface area contributed by atoms with Crippen LogP contribution in [0.2, 0.25) is 0 Å². The van der Waals surface area contributed by atoms with Crippen molar-refractivity contribution in [2.24, 2.45) is 0 Å². The highest BCUT2D eigenvalue weighted by Crippen LogP contribution is 2.43. The molecule has 0 bridgehead atoms. The maximum Gasteiger partial charge on any atom is 0.203 e. The van der Waals surface area contributed by atoms with Crippen LogP contribution < -0.4 is 14.2 Å². The van der Waals surface area contributed by atoms with Crippen LogP contribution in [0.15, 0.2) is 17.3 Å². The summed E-state index contributed by atoms with van der Waals surface area (Å²) in [7, 11) is 4.89. The van der Waals surface area contributed by atoms with E-state index in [0.717, 1.165) is 22.3 Å². The first-order valence-corrected chi connectivity index (χ1v) is 11.1. The van der Waals surface area contributed by atoms with Crippen LogP contribution in [0.5, 0.6) is 17.2 Å². The van der Waals surface area contributed by atoms with E-state index in [1.165, 1.54) is 44.9 Å². The lowest BCUT2D eigenvalue weighted by molar-refractivity contribution is 0.324. The molecule has 1 aliphatic rings. The molecule has 0 unspecified atom stereocenters. The summed E-state index contributed by atoms with van der Waals surface area (Å²) in [6.45, 7) is 2.22. The third kappa shape index (κ3) is 4.40. The van der Waals surface area contributed by atoms with Gasteiger partial charge in [0.15, 0.2) is 22.5 Å². The summed E-state index contributed by atoms with van der Waals surface area (Å²) in [5.41, 5.74) is 0.940. The number of unbranched alkanes of at least 4 members (excludes halogenated alkanes) is 1. The maximum atomic E-state index is 5.54. The van der Waals surface area contributed by atoms with Crippen molar-refractivity contribution < 1.29 is 14.2 Å². The number of benzene rings is 1. The predicted molar refractivity (Wildman–Crippen MR) is 113 cm³/mol. The van der Waals surface area contributed by atoms with Gasteiger partial charge in [-0.05, 0) is 31.4 Å². The van der Waals surface area contributed by atoms with E-state index in [-0.39, 0.29) is 0 Å². The summed E-state index contributed by atoms with van der Waals surface area (Å²) in [4.78, 5) is 0. The van der Waals surface area contributed by atoms with E-state index in [2.05, 4.69) is 21.7 Å². The van der Waals surface area contributed by atoms with Crippen LogP contribution in [0.3, 0.4) is 0 Å². The zero-order valence-electron chi connectivity index (χ0n) is 17.4. The van der Waals surface area contributed by atoms with Crippen molar-refractivity contribution in [1.29, 1.82) is 0 Å². The largest absolute Gasteiger partial charge is 0.493 e. The van der Waals surface area contributed by atoms with Crippen molar-refractivity contribution in [3.05, 3.63) is 12.1 Å². The second-order valence-electron chi connectivity index (χ2n) is 7.08. The SMILES string of the molecule is CCCCSc1nnc(-c2cc(OC)c(OC)c(OC)c2)n1C1CCCCC1. The molecule has 0 radical (unpaired) electrons. The summed E-state index contributed by atoms with van der Waals surface area (Å²) >= 11 is 1.81. The number of rotatable bonds is 9. The molecule has 0 N–H and O–H groups in total. The van der Waals surface area contributed by atoms with Crippen molar-refractivity contribution in [3.8, 4) is 28.6 Å². The van der Waals surface area contributed by atoms with Gasteiger partial charge in [0.25, 0.3) is 0 Å². The number of aromatic nitrogens is 3. The molecule has 0 spiro atoms. The molecule has 3 rings (SSSR count). The molecule has 28 heavy (non-hydrogen) atoms. The zero-order valence-corrected chi connectivity index (χ0v) is 18.2.